The molecule has 1 aromatic carbocycles. The Bertz CT molecular complexity index is 1050. The van der Waals surface area contributed by atoms with E-state index in [2.05, 4.69) is 10.6 Å². The van der Waals surface area contributed by atoms with Gasteiger partial charge >= 0.3 is 12.1 Å². The van der Waals surface area contributed by atoms with Crippen LogP contribution in [-0.4, -0.2) is 47.7 Å². The van der Waals surface area contributed by atoms with Gasteiger partial charge in [0.05, 0.1) is 5.69 Å². The molecule has 3 rings (SSSR count). The molecule has 1 aliphatic heterocycles. The van der Waals surface area contributed by atoms with Gasteiger partial charge in [0.1, 0.15) is 22.1 Å². The summed E-state index contributed by atoms with van der Waals surface area (Å²) in [5.41, 5.74) is 4.94. The van der Waals surface area contributed by atoms with Crippen LogP contribution in [0.3, 0.4) is 0 Å². The second-order valence-electron chi connectivity index (χ2n) is 8.74. The predicted molar refractivity (Wildman–Crippen MR) is 121 cm³/mol. The van der Waals surface area contributed by atoms with Crippen LogP contribution in [0.4, 0.5) is 24.1 Å². The van der Waals surface area contributed by atoms with Gasteiger partial charge in [0.25, 0.3) is 5.91 Å². The van der Waals surface area contributed by atoms with E-state index >= 15 is 0 Å². The van der Waals surface area contributed by atoms with Gasteiger partial charge in [0.2, 0.25) is 0 Å². The molecular formula is C22H26F2N4O4S. The van der Waals surface area contributed by atoms with E-state index in [-0.39, 0.29) is 28.7 Å². The van der Waals surface area contributed by atoms with E-state index in [1.807, 2.05) is 0 Å². The van der Waals surface area contributed by atoms with Crippen molar-refractivity contribution in [1.82, 2.24) is 10.2 Å². The minimum atomic E-state index is -0.882. The number of halogens is 2. The van der Waals surface area contributed by atoms with Gasteiger partial charge in [-0.3, -0.25) is 4.79 Å². The fourth-order valence-electron chi connectivity index (χ4n) is 3.46. The molecule has 1 aliphatic rings. The Balaban J connectivity index is 1.79. The molecule has 8 nitrogen and oxygen atoms in total. The molecule has 11 heteroatoms. The molecule has 4 N–H and O–H groups in total. The van der Waals surface area contributed by atoms with Crippen LogP contribution >= 0.6 is 11.3 Å². The summed E-state index contributed by atoms with van der Waals surface area (Å²) in [6.07, 6.45) is 0.871. The van der Waals surface area contributed by atoms with Gasteiger partial charge in [-0.15, -0.1) is 11.3 Å². The third-order valence-electron chi connectivity index (χ3n) is 4.75. The molecule has 0 unspecified atom stereocenters. The van der Waals surface area contributed by atoms with Crippen molar-refractivity contribution < 1.29 is 27.9 Å². The highest BCUT2D eigenvalue weighted by Crippen LogP contribution is 2.35. The van der Waals surface area contributed by atoms with E-state index in [9.17, 15) is 23.2 Å². The molecule has 2 aromatic rings. The maximum Gasteiger partial charge on any atom is 0.410 e. The average molecular weight is 481 g/mol. The Kier molecular flexibility index (Phi) is 7.21. The number of nitrogens with zero attached hydrogens (tertiary/aromatic N) is 1. The number of benzene rings is 1. The summed E-state index contributed by atoms with van der Waals surface area (Å²) >= 11 is 0.963. The topological polar surface area (TPSA) is 114 Å². The maximum atomic E-state index is 13.7. The van der Waals surface area contributed by atoms with E-state index in [0.717, 1.165) is 29.5 Å². The molecule has 1 saturated heterocycles. The Morgan fingerprint density at radius 1 is 1.15 bits per heavy atom. The number of thiophene rings is 1. The fourth-order valence-corrected chi connectivity index (χ4v) is 4.47. The number of nitrogens with one attached hydrogen (secondary N) is 2. The van der Waals surface area contributed by atoms with Crippen molar-refractivity contribution in [3.05, 3.63) is 40.8 Å². The Morgan fingerprint density at radius 3 is 2.42 bits per heavy atom. The first-order valence-corrected chi connectivity index (χ1v) is 11.2. The van der Waals surface area contributed by atoms with Crippen LogP contribution in [0, 0.1) is 11.6 Å². The Hall–Kier alpha value is -3.21. The Labute approximate surface area is 194 Å². The van der Waals surface area contributed by atoms with Gasteiger partial charge in [-0.1, -0.05) is 0 Å². The molecule has 1 atom stereocenters. The summed E-state index contributed by atoms with van der Waals surface area (Å²) in [5.74, 6) is -2.03. The van der Waals surface area contributed by atoms with Gasteiger partial charge in [0, 0.05) is 30.1 Å². The number of rotatable bonds is 4. The van der Waals surface area contributed by atoms with Crippen molar-refractivity contribution in [1.29, 1.82) is 0 Å². The van der Waals surface area contributed by atoms with E-state index < -0.39 is 35.3 Å². The molecule has 1 aromatic heterocycles. The minimum Gasteiger partial charge on any atom is -0.444 e. The highest BCUT2D eigenvalue weighted by Gasteiger charge is 2.29. The van der Waals surface area contributed by atoms with E-state index in [1.165, 1.54) is 11.0 Å². The second kappa shape index (κ2) is 9.74. The number of primary amides is 1. The zero-order valence-corrected chi connectivity index (χ0v) is 19.4. The zero-order chi connectivity index (χ0) is 24.3. The SMILES string of the molecule is CC(C)(C)OC(=O)N1CCC[C@@H](NC(=O)c2sc(-c3cc(F)cc(F)c3)cc2NC(N)=O)C1. The first-order chi connectivity index (χ1) is 15.4. The predicted octanol–water partition coefficient (Wildman–Crippen LogP) is 4.31. The third-order valence-corrected chi connectivity index (χ3v) is 5.93. The van der Waals surface area contributed by atoms with Gasteiger partial charge in [-0.25, -0.2) is 18.4 Å². The van der Waals surface area contributed by atoms with E-state index in [4.69, 9.17) is 10.5 Å². The smallest absolute Gasteiger partial charge is 0.410 e. The summed E-state index contributed by atoms with van der Waals surface area (Å²) < 4.78 is 32.7. The van der Waals surface area contributed by atoms with Crippen LogP contribution in [0.25, 0.3) is 10.4 Å². The van der Waals surface area contributed by atoms with Crippen LogP contribution in [0.2, 0.25) is 0 Å². The molecule has 0 spiro atoms. The lowest BCUT2D eigenvalue weighted by molar-refractivity contribution is 0.0185. The molecule has 0 aliphatic carbocycles. The quantitative estimate of drug-likeness (QED) is 0.605. The first kappa shape index (κ1) is 24.4. The normalized spacial score (nSPS) is 16.3. The highest BCUT2D eigenvalue weighted by molar-refractivity contribution is 7.18. The number of carbonyl (C=O) groups excluding carboxylic acids is 3. The molecule has 0 saturated carbocycles. The standard InChI is InChI=1S/C22H26F2N4O4S/c1-22(2,3)32-21(31)28-6-4-5-15(11-28)26-19(29)18-16(27-20(25)30)10-17(33-18)12-7-13(23)9-14(24)8-12/h7-10,15H,4-6,11H2,1-3H3,(H,26,29)(H3,25,27,30)/t15-/m1/s1. The fraction of sp³-hybridized carbons (Fsp3) is 0.409. The highest BCUT2D eigenvalue weighted by atomic mass is 32.1. The summed E-state index contributed by atoms with van der Waals surface area (Å²) in [5, 5.41) is 5.25. The van der Waals surface area contributed by atoms with Crippen molar-refractivity contribution >= 4 is 35.1 Å². The summed E-state index contributed by atoms with van der Waals surface area (Å²) in [4.78, 5) is 38.9. The summed E-state index contributed by atoms with van der Waals surface area (Å²) in [7, 11) is 0. The number of ether oxygens (including phenoxy) is 1. The van der Waals surface area contributed by atoms with E-state index in [1.54, 1.807) is 20.8 Å². The Morgan fingerprint density at radius 2 is 1.82 bits per heavy atom. The van der Waals surface area contributed by atoms with Crippen molar-refractivity contribution in [3.63, 3.8) is 0 Å². The van der Waals surface area contributed by atoms with Crippen LogP contribution < -0.4 is 16.4 Å². The van der Waals surface area contributed by atoms with Crippen LogP contribution in [0.5, 0.6) is 0 Å². The minimum absolute atomic E-state index is 0.128. The van der Waals surface area contributed by atoms with Crippen molar-refractivity contribution in [2.45, 2.75) is 45.3 Å². The summed E-state index contributed by atoms with van der Waals surface area (Å²) in [6.45, 7) is 6.12. The first-order valence-electron chi connectivity index (χ1n) is 10.4. The number of nitrogens with two attached hydrogens (primary N) is 1. The third kappa shape index (κ3) is 6.64. The number of amides is 4. The molecule has 178 valence electrons. The number of carbonyl (C=O) groups is 3. The molecule has 4 amide bonds. The van der Waals surface area contributed by atoms with Crippen LogP contribution in [0.1, 0.15) is 43.3 Å². The molecular weight excluding hydrogens is 454 g/mol. The number of piperidine rings is 1. The van der Waals surface area contributed by atoms with Crippen LogP contribution in [-0.2, 0) is 4.74 Å². The van der Waals surface area contributed by atoms with E-state index in [0.29, 0.717) is 24.3 Å². The lowest BCUT2D eigenvalue weighted by atomic mass is 10.1. The lowest BCUT2D eigenvalue weighted by Crippen LogP contribution is -2.50. The largest absolute Gasteiger partial charge is 0.444 e. The zero-order valence-electron chi connectivity index (χ0n) is 18.5. The molecule has 2 heterocycles. The maximum absolute atomic E-state index is 13.7. The van der Waals surface area contributed by atoms with Crippen LogP contribution in [0.15, 0.2) is 24.3 Å². The number of urea groups is 1. The monoisotopic (exact) mass is 480 g/mol. The van der Waals surface area contributed by atoms with Gasteiger partial charge in [0.15, 0.2) is 0 Å². The number of likely N-dealkylation sites (tertiary alicyclic amines) is 1. The van der Waals surface area contributed by atoms with Crippen molar-refractivity contribution in [3.8, 4) is 10.4 Å². The molecule has 33 heavy (non-hydrogen) atoms. The molecule has 0 radical (unpaired) electrons. The number of anilines is 1. The molecule has 1 fully saturated rings. The lowest BCUT2D eigenvalue weighted by Gasteiger charge is -2.34. The number of hydrogen-bond donors (Lipinski definition) is 3. The summed E-state index contributed by atoms with van der Waals surface area (Å²) in [6, 6.07) is 3.22. The van der Waals surface area contributed by atoms with Gasteiger partial charge in [-0.2, -0.15) is 0 Å². The number of hydrogen-bond acceptors (Lipinski definition) is 5. The van der Waals surface area contributed by atoms with Gasteiger partial charge in [-0.05, 0) is 57.4 Å². The van der Waals surface area contributed by atoms with Crippen molar-refractivity contribution in [2.24, 2.45) is 5.73 Å². The average Bonchev–Trinajstić information content (AvgIpc) is 3.09. The van der Waals surface area contributed by atoms with Crippen molar-refractivity contribution in [2.75, 3.05) is 18.4 Å². The molecule has 0 bridgehead atoms. The van der Waals surface area contributed by atoms with Gasteiger partial charge < -0.3 is 26.0 Å². The second-order valence-corrected chi connectivity index (χ2v) is 9.79.